The highest BCUT2D eigenvalue weighted by Crippen LogP contribution is 2.34. The summed E-state index contributed by atoms with van der Waals surface area (Å²) in [6.07, 6.45) is -2.88. The molecular weight excluding hydrogens is 335 g/mol. The molecule has 0 spiro atoms. The lowest BCUT2D eigenvalue weighted by Gasteiger charge is -2.14. The van der Waals surface area contributed by atoms with Crippen LogP contribution in [0.1, 0.15) is 5.56 Å². The van der Waals surface area contributed by atoms with E-state index in [1.54, 1.807) is 12.1 Å². The Morgan fingerprint density at radius 1 is 1.00 bits per heavy atom. The second kappa shape index (κ2) is 6.21. The molecule has 0 unspecified atom stereocenters. The van der Waals surface area contributed by atoms with Gasteiger partial charge in [-0.3, -0.25) is 4.72 Å². The summed E-state index contributed by atoms with van der Waals surface area (Å²) < 4.78 is 65.3. The van der Waals surface area contributed by atoms with E-state index < -0.39 is 26.7 Å². The van der Waals surface area contributed by atoms with E-state index in [0.29, 0.717) is 0 Å². The van der Waals surface area contributed by atoms with E-state index in [9.17, 15) is 21.6 Å². The van der Waals surface area contributed by atoms with Crippen molar-refractivity contribution in [3.63, 3.8) is 0 Å². The number of benzene rings is 2. The lowest BCUT2D eigenvalue weighted by Crippen LogP contribution is -2.18. The molecule has 22 heavy (non-hydrogen) atoms. The van der Waals surface area contributed by atoms with Crippen molar-refractivity contribution in [2.45, 2.75) is 16.0 Å². The molecule has 2 rings (SSSR count). The van der Waals surface area contributed by atoms with E-state index in [0.717, 1.165) is 23.1 Å². The van der Waals surface area contributed by atoms with Gasteiger partial charge >= 0.3 is 6.18 Å². The first-order valence-corrected chi connectivity index (χ1v) is 8.78. The maximum atomic E-state index is 12.9. The molecule has 0 saturated carbocycles. The Morgan fingerprint density at radius 2 is 1.59 bits per heavy atom. The predicted molar refractivity (Wildman–Crippen MR) is 80.5 cm³/mol. The summed E-state index contributed by atoms with van der Waals surface area (Å²) in [6.45, 7) is 0. The highest BCUT2D eigenvalue weighted by atomic mass is 32.2. The molecule has 0 aliphatic heterocycles. The number of nitrogens with one attached hydrogen (secondary N) is 1. The molecule has 0 bridgehead atoms. The van der Waals surface area contributed by atoms with Gasteiger partial charge in [-0.2, -0.15) is 13.2 Å². The average molecular weight is 347 g/mol. The Balaban J connectivity index is 2.39. The van der Waals surface area contributed by atoms with Crippen LogP contribution in [0, 0.1) is 0 Å². The van der Waals surface area contributed by atoms with Gasteiger partial charge in [0, 0.05) is 10.6 Å². The van der Waals surface area contributed by atoms with E-state index in [-0.39, 0.29) is 5.69 Å². The first-order chi connectivity index (χ1) is 10.2. The molecule has 1 N–H and O–H groups in total. The molecule has 0 heterocycles. The van der Waals surface area contributed by atoms with Gasteiger partial charge in [-0.15, -0.1) is 11.8 Å². The van der Waals surface area contributed by atoms with Crippen LogP contribution < -0.4 is 4.72 Å². The van der Waals surface area contributed by atoms with Crippen molar-refractivity contribution in [3.05, 3.63) is 54.1 Å². The number of rotatable bonds is 4. The molecule has 0 amide bonds. The van der Waals surface area contributed by atoms with Crippen molar-refractivity contribution in [2.24, 2.45) is 0 Å². The third kappa shape index (κ3) is 3.75. The Labute approximate surface area is 130 Å². The lowest BCUT2D eigenvalue weighted by molar-refractivity contribution is -0.139. The Morgan fingerprint density at radius 3 is 2.14 bits per heavy atom. The lowest BCUT2D eigenvalue weighted by atomic mass is 10.2. The largest absolute Gasteiger partial charge is 0.417 e. The van der Waals surface area contributed by atoms with E-state index in [1.807, 2.05) is 6.26 Å². The van der Waals surface area contributed by atoms with Crippen LogP contribution in [0.5, 0.6) is 0 Å². The van der Waals surface area contributed by atoms with Crippen molar-refractivity contribution in [1.82, 2.24) is 0 Å². The van der Waals surface area contributed by atoms with Crippen molar-refractivity contribution < 1.29 is 21.6 Å². The quantitative estimate of drug-likeness (QED) is 0.842. The van der Waals surface area contributed by atoms with Gasteiger partial charge in [0.15, 0.2) is 0 Å². The predicted octanol–water partition coefficient (Wildman–Crippen LogP) is 4.23. The van der Waals surface area contributed by atoms with Crippen LogP contribution in [-0.2, 0) is 16.2 Å². The second-order valence-electron chi connectivity index (χ2n) is 4.33. The fraction of sp³-hybridized carbons (Fsp3) is 0.143. The number of sulfonamides is 1. The normalized spacial score (nSPS) is 12.2. The van der Waals surface area contributed by atoms with Crippen LogP contribution in [-0.4, -0.2) is 14.7 Å². The van der Waals surface area contributed by atoms with Gasteiger partial charge in [-0.25, -0.2) is 8.42 Å². The smallest absolute Gasteiger partial charge is 0.280 e. The zero-order valence-corrected chi connectivity index (χ0v) is 13.0. The average Bonchev–Trinajstić information content (AvgIpc) is 2.47. The third-order valence-corrected chi connectivity index (χ3v) is 5.01. The minimum Gasteiger partial charge on any atom is -0.280 e. The van der Waals surface area contributed by atoms with Crippen LogP contribution in [0.3, 0.4) is 0 Å². The molecule has 8 heteroatoms. The molecular formula is C14H12F3NO2S2. The van der Waals surface area contributed by atoms with Crippen LogP contribution >= 0.6 is 11.8 Å². The van der Waals surface area contributed by atoms with Gasteiger partial charge in [0.25, 0.3) is 10.0 Å². The van der Waals surface area contributed by atoms with Gasteiger partial charge in [-0.05, 0) is 42.7 Å². The standard InChI is InChI=1S/C14H12F3NO2S2/c1-21-11-8-6-10(7-9-11)18-22(19,20)13-5-3-2-4-12(13)14(15,16)17/h2-9,18H,1H3. The highest BCUT2D eigenvalue weighted by Gasteiger charge is 2.36. The third-order valence-electron chi connectivity index (χ3n) is 2.82. The number of anilines is 1. The fourth-order valence-corrected chi connectivity index (χ4v) is 3.50. The number of thioether (sulfide) groups is 1. The second-order valence-corrected chi connectivity index (χ2v) is 6.86. The Hall–Kier alpha value is -1.67. The van der Waals surface area contributed by atoms with Gasteiger partial charge in [0.05, 0.1) is 10.5 Å². The molecule has 0 saturated heterocycles. The molecule has 2 aromatic carbocycles. The molecule has 0 fully saturated rings. The zero-order valence-electron chi connectivity index (χ0n) is 11.4. The number of alkyl halides is 3. The van der Waals surface area contributed by atoms with Crippen LogP contribution in [0.15, 0.2) is 58.3 Å². The minimum atomic E-state index is -4.74. The minimum absolute atomic E-state index is 0.203. The monoisotopic (exact) mass is 347 g/mol. The van der Waals surface area contributed by atoms with Crippen molar-refractivity contribution in [2.75, 3.05) is 11.0 Å². The van der Waals surface area contributed by atoms with Crippen molar-refractivity contribution in [1.29, 1.82) is 0 Å². The summed E-state index contributed by atoms with van der Waals surface area (Å²) in [5.74, 6) is 0. The Bertz CT molecular complexity index is 756. The van der Waals surface area contributed by atoms with E-state index in [2.05, 4.69) is 4.72 Å². The summed E-state index contributed by atoms with van der Waals surface area (Å²) in [5.41, 5.74) is -0.988. The summed E-state index contributed by atoms with van der Waals surface area (Å²) in [4.78, 5) is 0.120. The molecule has 0 radical (unpaired) electrons. The van der Waals surface area contributed by atoms with Gasteiger partial charge in [-0.1, -0.05) is 12.1 Å². The molecule has 0 aliphatic carbocycles. The SMILES string of the molecule is CSc1ccc(NS(=O)(=O)c2ccccc2C(F)(F)F)cc1. The van der Waals surface area contributed by atoms with Crippen LogP contribution in [0.25, 0.3) is 0 Å². The van der Waals surface area contributed by atoms with Gasteiger partial charge < -0.3 is 0 Å². The first kappa shape index (κ1) is 16.7. The molecule has 0 atom stereocenters. The van der Waals surface area contributed by atoms with Crippen molar-refractivity contribution >= 4 is 27.5 Å². The molecule has 118 valence electrons. The van der Waals surface area contributed by atoms with E-state index in [4.69, 9.17) is 0 Å². The molecule has 2 aromatic rings. The molecule has 0 aromatic heterocycles. The van der Waals surface area contributed by atoms with Gasteiger partial charge in [0.2, 0.25) is 0 Å². The van der Waals surface area contributed by atoms with E-state index in [1.165, 1.54) is 30.0 Å². The summed E-state index contributed by atoms with van der Waals surface area (Å²) in [6, 6.07) is 10.4. The molecule has 3 nitrogen and oxygen atoms in total. The van der Waals surface area contributed by atoms with E-state index >= 15 is 0 Å². The Kier molecular flexibility index (Phi) is 4.72. The summed E-state index contributed by atoms with van der Waals surface area (Å²) >= 11 is 1.47. The summed E-state index contributed by atoms with van der Waals surface area (Å²) in [7, 11) is -4.32. The van der Waals surface area contributed by atoms with Crippen LogP contribution in [0.4, 0.5) is 18.9 Å². The van der Waals surface area contributed by atoms with Crippen molar-refractivity contribution in [3.8, 4) is 0 Å². The number of halogens is 3. The zero-order chi connectivity index (χ0) is 16.4. The first-order valence-electron chi connectivity index (χ1n) is 6.07. The number of hydrogen-bond donors (Lipinski definition) is 1. The maximum Gasteiger partial charge on any atom is 0.417 e. The number of hydrogen-bond acceptors (Lipinski definition) is 3. The topological polar surface area (TPSA) is 46.2 Å². The summed E-state index contributed by atoms with van der Waals surface area (Å²) in [5, 5.41) is 0. The maximum absolute atomic E-state index is 12.9. The molecule has 0 aliphatic rings. The highest BCUT2D eigenvalue weighted by molar-refractivity contribution is 7.98. The van der Waals surface area contributed by atoms with Crippen LogP contribution in [0.2, 0.25) is 0 Å². The van der Waals surface area contributed by atoms with Gasteiger partial charge in [0.1, 0.15) is 0 Å². The fourth-order valence-electron chi connectivity index (χ4n) is 1.80.